The first-order valence-corrected chi connectivity index (χ1v) is 10.8. The topological polar surface area (TPSA) is 80.3 Å². The van der Waals surface area contributed by atoms with Crippen LogP contribution in [0.25, 0.3) is 0 Å². The van der Waals surface area contributed by atoms with Gasteiger partial charge in [0.25, 0.3) is 10.0 Å². The lowest BCUT2D eigenvalue weighted by molar-refractivity contribution is 0.595. The molecule has 0 heterocycles. The van der Waals surface area contributed by atoms with E-state index in [0.29, 0.717) is 5.69 Å². The van der Waals surface area contributed by atoms with Crippen LogP contribution in [0.4, 0.5) is 5.69 Å². The van der Waals surface area contributed by atoms with Crippen molar-refractivity contribution in [2.24, 2.45) is 0 Å². The monoisotopic (exact) mass is 387 g/mol. The summed E-state index contributed by atoms with van der Waals surface area (Å²) in [4.78, 5) is -0.0736. The number of benzene rings is 3. The summed E-state index contributed by atoms with van der Waals surface area (Å²) in [5, 5.41) is 0. The molecule has 0 aliphatic heterocycles. The molecule has 0 atom stereocenters. The van der Waals surface area contributed by atoms with Crippen LogP contribution < -0.4 is 4.72 Å². The van der Waals surface area contributed by atoms with Crippen LogP contribution in [0.3, 0.4) is 0 Å². The number of anilines is 1. The number of rotatable bonds is 5. The highest BCUT2D eigenvalue weighted by Crippen LogP contribution is 2.25. The molecule has 0 saturated heterocycles. The van der Waals surface area contributed by atoms with Crippen molar-refractivity contribution in [3.05, 3.63) is 84.4 Å². The van der Waals surface area contributed by atoms with Crippen LogP contribution >= 0.6 is 0 Å². The molecule has 1 N–H and O–H groups in total. The maximum absolute atomic E-state index is 12.7. The van der Waals surface area contributed by atoms with E-state index in [-0.39, 0.29) is 14.7 Å². The second kappa shape index (κ2) is 6.93. The van der Waals surface area contributed by atoms with E-state index in [1.807, 2.05) is 0 Å². The predicted molar refractivity (Wildman–Crippen MR) is 100 cm³/mol. The Labute approximate surface area is 153 Å². The van der Waals surface area contributed by atoms with Gasteiger partial charge in [-0.25, -0.2) is 16.8 Å². The Balaban J connectivity index is 2.01. The zero-order valence-corrected chi connectivity index (χ0v) is 15.6. The molecule has 26 heavy (non-hydrogen) atoms. The van der Waals surface area contributed by atoms with Crippen LogP contribution in [-0.2, 0) is 19.9 Å². The van der Waals surface area contributed by atoms with Gasteiger partial charge in [0.1, 0.15) is 0 Å². The van der Waals surface area contributed by atoms with E-state index in [1.54, 1.807) is 49.4 Å². The summed E-state index contributed by atoms with van der Waals surface area (Å²) in [5.41, 5.74) is 1.22. The smallest absolute Gasteiger partial charge is 0.261 e. The van der Waals surface area contributed by atoms with E-state index in [4.69, 9.17) is 0 Å². The second-order valence-corrected chi connectivity index (χ2v) is 9.34. The van der Waals surface area contributed by atoms with Gasteiger partial charge in [0, 0.05) is 0 Å². The molecule has 0 spiro atoms. The lowest BCUT2D eigenvalue weighted by Crippen LogP contribution is -2.14. The van der Waals surface area contributed by atoms with Gasteiger partial charge in [-0.2, -0.15) is 0 Å². The zero-order valence-electron chi connectivity index (χ0n) is 14.0. The highest BCUT2D eigenvalue weighted by atomic mass is 32.2. The molecule has 0 bridgehead atoms. The molecule has 7 heteroatoms. The van der Waals surface area contributed by atoms with Crippen LogP contribution in [0.5, 0.6) is 0 Å². The molecule has 0 saturated carbocycles. The van der Waals surface area contributed by atoms with E-state index < -0.39 is 19.9 Å². The normalized spacial score (nSPS) is 11.9. The molecule has 0 unspecified atom stereocenters. The molecule has 134 valence electrons. The van der Waals surface area contributed by atoms with E-state index >= 15 is 0 Å². The number of aryl methyl sites for hydroxylation is 1. The summed E-state index contributed by atoms with van der Waals surface area (Å²) in [5.74, 6) is 0. The molecule has 0 fully saturated rings. The standard InChI is InChI=1S/C19H17NO4S2/c1-15-8-5-6-13-19(15)20-26(23,24)18-12-7-11-17(14-18)25(21,22)16-9-3-2-4-10-16/h2-14,20H,1H3. The predicted octanol–water partition coefficient (Wildman–Crippen LogP) is 3.63. The Hall–Kier alpha value is -2.64. The maximum atomic E-state index is 12.7. The summed E-state index contributed by atoms with van der Waals surface area (Å²) in [6, 6.07) is 20.2. The van der Waals surface area contributed by atoms with Gasteiger partial charge in [-0.1, -0.05) is 42.5 Å². The molecule has 5 nitrogen and oxygen atoms in total. The first-order chi connectivity index (χ1) is 12.3. The Bertz CT molecular complexity index is 1140. The van der Waals surface area contributed by atoms with E-state index in [2.05, 4.69) is 4.72 Å². The van der Waals surface area contributed by atoms with Gasteiger partial charge in [-0.3, -0.25) is 4.72 Å². The van der Waals surface area contributed by atoms with Crippen molar-refractivity contribution >= 4 is 25.5 Å². The van der Waals surface area contributed by atoms with Gasteiger partial charge in [0.15, 0.2) is 0 Å². The molecule has 0 aromatic heterocycles. The van der Waals surface area contributed by atoms with Gasteiger partial charge in [-0.15, -0.1) is 0 Å². The highest BCUT2D eigenvalue weighted by molar-refractivity contribution is 7.93. The van der Waals surface area contributed by atoms with Gasteiger partial charge >= 0.3 is 0 Å². The average Bonchev–Trinajstić information content (AvgIpc) is 2.64. The Morgan fingerprint density at radius 3 is 1.92 bits per heavy atom. The largest absolute Gasteiger partial charge is 0.279 e. The van der Waals surface area contributed by atoms with Crippen molar-refractivity contribution in [2.45, 2.75) is 21.6 Å². The average molecular weight is 387 g/mol. The lowest BCUT2D eigenvalue weighted by atomic mass is 10.2. The molecular formula is C19H17NO4S2. The molecule has 0 aliphatic rings. The molecule has 3 aromatic rings. The second-order valence-electron chi connectivity index (χ2n) is 5.71. The third kappa shape index (κ3) is 3.63. The van der Waals surface area contributed by atoms with Crippen molar-refractivity contribution in [1.82, 2.24) is 0 Å². The minimum atomic E-state index is -3.92. The fraction of sp³-hybridized carbons (Fsp3) is 0.0526. The summed E-state index contributed by atoms with van der Waals surface area (Å²) in [6.45, 7) is 1.79. The fourth-order valence-corrected chi connectivity index (χ4v) is 5.01. The molecule has 3 aromatic carbocycles. The molecule has 0 radical (unpaired) electrons. The molecule has 0 aliphatic carbocycles. The SMILES string of the molecule is Cc1ccccc1NS(=O)(=O)c1cccc(S(=O)(=O)c2ccccc2)c1. The van der Waals surface area contributed by atoms with Crippen molar-refractivity contribution in [1.29, 1.82) is 0 Å². The maximum Gasteiger partial charge on any atom is 0.261 e. The van der Waals surface area contributed by atoms with Crippen molar-refractivity contribution < 1.29 is 16.8 Å². The molecule has 0 amide bonds. The Kier molecular flexibility index (Phi) is 4.84. The molecule has 3 rings (SSSR count). The first kappa shape index (κ1) is 18.2. The number of para-hydroxylation sites is 1. The third-order valence-corrected chi connectivity index (χ3v) is 7.00. The number of sulfonamides is 1. The van der Waals surface area contributed by atoms with Crippen LogP contribution in [0.1, 0.15) is 5.56 Å². The highest BCUT2D eigenvalue weighted by Gasteiger charge is 2.21. The minimum Gasteiger partial charge on any atom is -0.279 e. The quantitative estimate of drug-likeness (QED) is 0.725. The lowest BCUT2D eigenvalue weighted by Gasteiger charge is -2.11. The first-order valence-electron chi connectivity index (χ1n) is 7.79. The fourth-order valence-electron chi connectivity index (χ4n) is 2.44. The number of hydrogen-bond acceptors (Lipinski definition) is 4. The third-order valence-electron chi connectivity index (χ3n) is 3.87. The van der Waals surface area contributed by atoms with Crippen LogP contribution in [0.2, 0.25) is 0 Å². The minimum absolute atomic E-state index is 0.0728. The number of sulfone groups is 1. The van der Waals surface area contributed by atoms with Crippen molar-refractivity contribution in [2.75, 3.05) is 4.72 Å². The van der Waals surface area contributed by atoms with Crippen LogP contribution in [0.15, 0.2) is 93.5 Å². The zero-order chi connectivity index (χ0) is 18.8. The summed E-state index contributed by atoms with van der Waals surface area (Å²) in [7, 11) is -7.71. The summed E-state index contributed by atoms with van der Waals surface area (Å²) < 4.78 is 53.2. The van der Waals surface area contributed by atoms with Gasteiger partial charge < -0.3 is 0 Å². The molecular weight excluding hydrogens is 370 g/mol. The van der Waals surface area contributed by atoms with E-state index in [1.165, 1.54) is 36.4 Å². The van der Waals surface area contributed by atoms with Gasteiger partial charge in [-0.05, 0) is 48.9 Å². The van der Waals surface area contributed by atoms with E-state index in [0.717, 1.165) is 5.56 Å². The number of hydrogen-bond donors (Lipinski definition) is 1. The Morgan fingerprint density at radius 2 is 1.23 bits per heavy atom. The Morgan fingerprint density at radius 1 is 0.654 bits per heavy atom. The van der Waals surface area contributed by atoms with Crippen LogP contribution in [0, 0.1) is 6.92 Å². The summed E-state index contributed by atoms with van der Waals surface area (Å²) >= 11 is 0. The van der Waals surface area contributed by atoms with E-state index in [9.17, 15) is 16.8 Å². The van der Waals surface area contributed by atoms with Gasteiger partial charge in [0.05, 0.1) is 20.4 Å². The van der Waals surface area contributed by atoms with Crippen molar-refractivity contribution in [3.8, 4) is 0 Å². The number of nitrogens with one attached hydrogen (secondary N) is 1. The van der Waals surface area contributed by atoms with Crippen molar-refractivity contribution in [3.63, 3.8) is 0 Å². The van der Waals surface area contributed by atoms with Crippen LogP contribution in [-0.4, -0.2) is 16.8 Å². The summed E-state index contributed by atoms with van der Waals surface area (Å²) in [6.07, 6.45) is 0. The van der Waals surface area contributed by atoms with Gasteiger partial charge in [0.2, 0.25) is 9.84 Å².